The van der Waals surface area contributed by atoms with Gasteiger partial charge >= 0.3 is 0 Å². The van der Waals surface area contributed by atoms with Gasteiger partial charge in [-0.2, -0.15) is 0 Å². The molecule has 0 saturated carbocycles. The molecule has 50 heavy (non-hydrogen) atoms. The Labute approximate surface area is 279 Å². The molecule has 0 bridgehead atoms. The van der Waals surface area contributed by atoms with Crippen molar-refractivity contribution in [3.05, 3.63) is 78.9 Å². The molecule has 0 fully saturated rings. The number of furan rings is 1. The van der Waals surface area contributed by atoms with E-state index in [2.05, 4.69) is 0 Å². The van der Waals surface area contributed by atoms with Gasteiger partial charge in [-0.3, -0.25) is 0 Å². The number of hydrogen-bond acceptors (Lipinski definition) is 12. The third kappa shape index (κ3) is 3.75. The van der Waals surface area contributed by atoms with Gasteiger partial charge in [-0.15, -0.1) is 0 Å². The zero-order valence-corrected chi connectivity index (χ0v) is 25.3. The predicted octanol–water partition coefficient (Wildman–Crippen LogP) is 7.65. The molecule has 1 aromatic heterocycles. The second-order valence-electron chi connectivity index (χ2n) is 11.7. The summed E-state index contributed by atoms with van der Waals surface area (Å²) < 4.78 is 5.75. The van der Waals surface area contributed by atoms with Crippen LogP contribution >= 0.6 is 0 Å². The molecule has 12 heteroatoms. The number of hydrogen-bond donors (Lipinski definition) is 11. The van der Waals surface area contributed by atoms with Crippen molar-refractivity contribution >= 4 is 43.5 Å². The molecule has 7 aromatic carbocycles. The summed E-state index contributed by atoms with van der Waals surface area (Å²) in [6, 6.07) is 23.6. The molecule has 0 amide bonds. The normalized spacial score (nSPS) is 11.7. The maximum atomic E-state index is 12.2. The van der Waals surface area contributed by atoms with Gasteiger partial charge in [0.05, 0.1) is 16.3 Å². The van der Waals surface area contributed by atoms with E-state index >= 15 is 0 Å². The summed E-state index contributed by atoms with van der Waals surface area (Å²) >= 11 is 0. The molecule has 0 aliphatic carbocycles. The van der Waals surface area contributed by atoms with E-state index in [0.29, 0.717) is 21.5 Å². The highest BCUT2D eigenvalue weighted by molar-refractivity contribution is 6.27. The summed E-state index contributed by atoms with van der Waals surface area (Å²) in [6.45, 7) is 0. The van der Waals surface area contributed by atoms with Crippen LogP contribution in [0.2, 0.25) is 0 Å². The molecule has 0 aliphatic rings. The fourth-order valence-corrected chi connectivity index (χ4v) is 6.86. The van der Waals surface area contributed by atoms with Gasteiger partial charge < -0.3 is 60.6 Å². The van der Waals surface area contributed by atoms with Gasteiger partial charge in [0.15, 0.2) is 34.2 Å². The second kappa shape index (κ2) is 10.3. The quantitative estimate of drug-likeness (QED) is 0.0493. The third-order valence-corrected chi connectivity index (χ3v) is 9.07. The lowest BCUT2D eigenvalue weighted by molar-refractivity contribution is 0.330. The lowest BCUT2D eigenvalue weighted by Crippen LogP contribution is -1.95. The van der Waals surface area contributed by atoms with Crippen molar-refractivity contribution in [2.45, 2.75) is 0 Å². The molecule has 0 aliphatic heterocycles. The molecular formula is C38H24O12. The first kappa shape index (κ1) is 30.0. The fourth-order valence-electron chi connectivity index (χ4n) is 6.86. The van der Waals surface area contributed by atoms with Crippen molar-refractivity contribution in [1.29, 1.82) is 0 Å². The van der Waals surface area contributed by atoms with E-state index in [4.69, 9.17) is 4.42 Å². The fraction of sp³-hybridized carbons (Fsp3) is 0. The number of rotatable bonds is 3. The summed E-state index contributed by atoms with van der Waals surface area (Å²) in [5, 5.41) is 122. The SMILES string of the molecule is Oc1c(O)c(O)c(-c2c(-c3c4ccccc4c(-c4ccccc4)c4ccccc34)c(O)c3oc4c(O)c(O)c(O)c(O)c4c3c2O)c(O)c1O. The molecule has 11 N–H and O–H groups in total. The Morgan fingerprint density at radius 2 is 0.660 bits per heavy atom. The van der Waals surface area contributed by atoms with Gasteiger partial charge in [0.25, 0.3) is 0 Å². The van der Waals surface area contributed by atoms with Crippen LogP contribution in [0.3, 0.4) is 0 Å². The largest absolute Gasteiger partial charge is 0.506 e. The van der Waals surface area contributed by atoms with Gasteiger partial charge in [0.2, 0.25) is 34.5 Å². The average Bonchev–Trinajstić information content (AvgIpc) is 3.55. The molecule has 0 unspecified atom stereocenters. The predicted molar refractivity (Wildman–Crippen MR) is 183 cm³/mol. The lowest BCUT2D eigenvalue weighted by atomic mass is 9.82. The Kier molecular flexibility index (Phi) is 6.20. The molecule has 0 saturated heterocycles. The number of aromatic hydroxyl groups is 11. The Bertz CT molecular complexity index is 2680. The van der Waals surface area contributed by atoms with E-state index in [1.807, 2.05) is 42.5 Å². The van der Waals surface area contributed by atoms with Crippen LogP contribution in [0, 0.1) is 0 Å². The summed E-state index contributed by atoms with van der Waals surface area (Å²) in [5.74, 6) is -12.5. The Balaban J connectivity index is 1.68. The molecule has 0 radical (unpaired) electrons. The first-order valence-corrected chi connectivity index (χ1v) is 14.9. The van der Waals surface area contributed by atoms with E-state index in [1.54, 1.807) is 36.4 Å². The van der Waals surface area contributed by atoms with Crippen molar-refractivity contribution in [3.8, 4) is 96.6 Å². The summed E-state index contributed by atoms with van der Waals surface area (Å²) in [4.78, 5) is 0. The summed E-state index contributed by atoms with van der Waals surface area (Å²) in [6.07, 6.45) is 0. The van der Waals surface area contributed by atoms with Crippen LogP contribution in [0.4, 0.5) is 0 Å². The van der Waals surface area contributed by atoms with Crippen molar-refractivity contribution in [2.24, 2.45) is 0 Å². The topological polar surface area (TPSA) is 236 Å². The standard InChI is InChI=1S/C38H24O12/c39-26-22(23-27(40)31(44)34(47)32(45)28(23)41)21(30(43)37-24(26)25-29(42)33(46)35(48)36(49)38(25)50-37)20-17-12-6-4-10-15(17)19(14-8-2-1-3-9-14)16-11-5-7-13-18(16)20/h1-13,39-49H. The molecule has 0 atom stereocenters. The van der Waals surface area contributed by atoms with E-state index in [9.17, 15) is 56.2 Å². The third-order valence-electron chi connectivity index (χ3n) is 9.07. The number of benzene rings is 7. The van der Waals surface area contributed by atoms with Gasteiger partial charge in [-0.05, 0) is 32.7 Å². The number of fused-ring (bicyclic) bond motifs is 5. The van der Waals surface area contributed by atoms with E-state index in [0.717, 1.165) is 11.1 Å². The highest BCUT2D eigenvalue weighted by Gasteiger charge is 2.36. The maximum absolute atomic E-state index is 12.2. The molecule has 1 heterocycles. The molecule has 248 valence electrons. The minimum Gasteiger partial charge on any atom is -0.506 e. The van der Waals surface area contributed by atoms with E-state index in [-0.39, 0.29) is 11.1 Å². The van der Waals surface area contributed by atoms with Gasteiger partial charge in [0, 0.05) is 16.7 Å². The first-order valence-electron chi connectivity index (χ1n) is 14.9. The summed E-state index contributed by atoms with van der Waals surface area (Å²) in [5.41, 5.74) is -1.20. The Morgan fingerprint density at radius 1 is 0.280 bits per heavy atom. The zero-order chi connectivity index (χ0) is 35.3. The monoisotopic (exact) mass is 672 g/mol. The minimum atomic E-state index is -1.28. The van der Waals surface area contributed by atoms with Crippen LogP contribution in [0.25, 0.3) is 76.9 Å². The van der Waals surface area contributed by atoms with Crippen molar-refractivity contribution in [3.63, 3.8) is 0 Å². The minimum absolute atomic E-state index is 0.200. The number of phenols is 11. The molecular weight excluding hydrogens is 648 g/mol. The Hall–Kier alpha value is -7.34. The number of phenolic OH excluding ortho intramolecular Hbond substituents is 11. The van der Waals surface area contributed by atoms with E-state index < -0.39 is 96.3 Å². The van der Waals surface area contributed by atoms with E-state index in [1.165, 1.54) is 0 Å². The summed E-state index contributed by atoms with van der Waals surface area (Å²) in [7, 11) is 0. The van der Waals surface area contributed by atoms with Crippen LogP contribution in [-0.2, 0) is 0 Å². The smallest absolute Gasteiger partial charge is 0.208 e. The highest BCUT2D eigenvalue weighted by Crippen LogP contribution is 2.64. The first-order chi connectivity index (χ1) is 24.0. The van der Waals surface area contributed by atoms with Gasteiger partial charge in [-0.1, -0.05) is 78.9 Å². The highest BCUT2D eigenvalue weighted by atomic mass is 16.4. The van der Waals surface area contributed by atoms with Crippen molar-refractivity contribution < 1.29 is 60.6 Å². The van der Waals surface area contributed by atoms with Gasteiger partial charge in [-0.25, -0.2) is 0 Å². The van der Waals surface area contributed by atoms with Gasteiger partial charge in [0.1, 0.15) is 5.75 Å². The van der Waals surface area contributed by atoms with Crippen LogP contribution in [-0.4, -0.2) is 56.2 Å². The molecule has 12 nitrogen and oxygen atoms in total. The Morgan fingerprint density at radius 3 is 1.20 bits per heavy atom. The van der Waals surface area contributed by atoms with Crippen molar-refractivity contribution in [2.75, 3.05) is 0 Å². The lowest BCUT2D eigenvalue weighted by Gasteiger charge is -2.22. The molecule has 8 aromatic rings. The van der Waals surface area contributed by atoms with Crippen LogP contribution < -0.4 is 0 Å². The molecule has 8 rings (SSSR count). The average molecular weight is 673 g/mol. The molecule has 0 spiro atoms. The maximum Gasteiger partial charge on any atom is 0.208 e. The van der Waals surface area contributed by atoms with Crippen LogP contribution in [0.15, 0.2) is 83.3 Å². The zero-order valence-electron chi connectivity index (χ0n) is 25.3. The van der Waals surface area contributed by atoms with Crippen LogP contribution in [0.5, 0.6) is 63.2 Å². The second-order valence-corrected chi connectivity index (χ2v) is 11.7. The van der Waals surface area contributed by atoms with Crippen molar-refractivity contribution in [1.82, 2.24) is 0 Å². The van der Waals surface area contributed by atoms with Crippen LogP contribution in [0.1, 0.15) is 0 Å².